The number of nitrogens with two attached hydrogens (primary N) is 1. The highest BCUT2D eigenvalue weighted by Gasteiger charge is 2.08. The summed E-state index contributed by atoms with van der Waals surface area (Å²) in [5, 5.41) is 12.1. The Balaban J connectivity index is 2.33. The van der Waals surface area contributed by atoms with E-state index in [4.69, 9.17) is 20.5 Å². The first-order valence-corrected chi connectivity index (χ1v) is 5.82. The number of pyridine rings is 1. The zero-order valence-corrected chi connectivity index (χ0v) is 11.2. The highest BCUT2D eigenvalue weighted by atomic mass is 16.5. The molecule has 0 bridgehead atoms. The van der Waals surface area contributed by atoms with Gasteiger partial charge in [-0.3, -0.25) is 0 Å². The van der Waals surface area contributed by atoms with Crippen LogP contribution in [0.25, 0.3) is 0 Å². The zero-order valence-electron chi connectivity index (χ0n) is 11.2. The van der Waals surface area contributed by atoms with Crippen molar-refractivity contribution in [1.82, 2.24) is 4.98 Å². The van der Waals surface area contributed by atoms with E-state index in [0.29, 0.717) is 28.6 Å². The van der Waals surface area contributed by atoms with Crippen LogP contribution in [0.15, 0.2) is 30.5 Å². The lowest BCUT2D eigenvalue weighted by Gasteiger charge is -2.11. The van der Waals surface area contributed by atoms with Gasteiger partial charge >= 0.3 is 0 Å². The number of ether oxygens (including phenoxy) is 2. The number of benzene rings is 1. The van der Waals surface area contributed by atoms with Gasteiger partial charge in [0.25, 0.3) is 0 Å². The lowest BCUT2D eigenvalue weighted by atomic mass is 10.2. The fraction of sp³-hybridized carbons (Fsp3) is 0.143. The number of rotatable bonds is 4. The van der Waals surface area contributed by atoms with Crippen molar-refractivity contribution in [1.29, 1.82) is 5.26 Å². The molecule has 1 aromatic carbocycles. The number of nitrogens with zero attached hydrogens (tertiary/aromatic N) is 2. The van der Waals surface area contributed by atoms with Crippen LogP contribution in [0.2, 0.25) is 0 Å². The molecule has 6 heteroatoms. The van der Waals surface area contributed by atoms with Crippen molar-refractivity contribution in [3.63, 3.8) is 0 Å². The number of hydrogen-bond acceptors (Lipinski definition) is 6. The molecule has 0 saturated carbocycles. The van der Waals surface area contributed by atoms with E-state index in [9.17, 15) is 0 Å². The SMILES string of the molecule is COc1ccc(Nc2ncc(N)cc2C#N)cc1OC. The van der Waals surface area contributed by atoms with Crippen LogP contribution in [0.5, 0.6) is 11.5 Å². The molecule has 0 radical (unpaired) electrons. The van der Waals surface area contributed by atoms with Gasteiger partial charge in [-0.05, 0) is 18.2 Å². The van der Waals surface area contributed by atoms with E-state index in [1.807, 2.05) is 6.07 Å². The molecule has 0 amide bonds. The van der Waals surface area contributed by atoms with Crippen molar-refractivity contribution in [2.75, 3.05) is 25.3 Å². The largest absolute Gasteiger partial charge is 0.493 e. The van der Waals surface area contributed by atoms with Gasteiger partial charge in [-0.1, -0.05) is 0 Å². The van der Waals surface area contributed by atoms with Crippen molar-refractivity contribution in [2.45, 2.75) is 0 Å². The number of anilines is 3. The second kappa shape index (κ2) is 5.80. The van der Waals surface area contributed by atoms with Gasteiger partial charge < -0.3 is 20.5 Å². The topological polar surface area (TPSA) is 93.2 Å². The Hall–Kier alpha value is -2.94. The van der Waals surface area contributed by atoms with Gasteiger partial charge in [-0.15, -0.1) is 0 Å². The predicted octanol–water partition coefficient (Wildman–Crippen LogP) is 2.30. The summed E-state index contributed by atoms with van der Waals surface area (Å²) in [5.41, 5.74) is 7.15. The van der Waals surface area contributed by atoms with Crippen molar-refractivity contribution in [2.24, 2.45) is 0 Å². The summed E-state index contributed by atoms with van der Waals surface area (Å²) in [4.78, 5) is 4.11. The molecule has 2 aromatic rings. The summed E-state index contributed by atoms with van der Waals surface area (Å²) in [7, 11) is 3.13. The lowest BCUT2D eigenvalue weighted by molar-refractivity contribution is 0.355. The summed E-state index contributed by atoms with van der Waals surface area (Å²) in [6.45, 7) is 0. The standard InChI is InChI=1S/C14H14N4O2/c1-19-12-4-3-11(6-13(12)20-2)18-14-9(7-15)5-10(16)8-17-14/h3-6,8H,16H2,1-2H3,(H,17,18). The number of aromatic nitrogens is 1. The molecule has 0 unspecified atom stereocenters. The van der Waals surface area contributed by atoms with Gasteiger partial charge in [0.1, 0.15) is 11.9 Å². The first kappa shape index (κ1) is 13.5. The minimum absolute atomic E-state index is 0.375. The highest BCUT2D eigenvalue weighted by Crippen LogP contribution is 2.31. The van der Waals surface area contributed by atoms with Crippen molar-refractivity contribution >= 4 is 17.2 Å². The third-order valence-corrected chi connectivity index (χ3v) is 2.68. The fourth-order valence-corrected chi connectivity index (χ4v) is 1.72. The molecule has 0 aliphatic rings. The molecule has 2 rings (SSSR count). The van der Waals surface area contributed by atoms with Crippen molar-refractivity contribution in [3.8, 4) is 17.6 Å². The lowest BCUT2D eigenvalue weighted by Crippen LogP contribution is -1.99. The normalized spacial score (nSPS) is 9.65. The Morgan fingerprint density at radius 2 is 1.95 bits per heavy atom. The monoisotopic (exact) mass is 270 g/mol. The van der Waals surface area contributed by atoms with Crippen LogP contribution in [0.1, 0.15) is 5.56 Å². The van der Waals surface area contributed by atoms with Crippen LogP contribution in [0, 0.1) is 11.3 Å². The minimum Gasteiger partial charge on any atom is -0.493 e. The quantitative estimate of drug-likeness (QED) is 0.885. The Labute approximate surface area is 116 Å². The number of nitrogens with one attached hydrogen (secondary N) is 1. The van der Waals surface area contributed by atoms with Crippen LogP contribution < -0.4 is 20.5 Å². The number of hydrogen-bond donors (Lipinski definition) is 2. The molecule has 0 fully saturated rings. The van der Waals surface area contributed by atoms with E-state index in [0.717, 1.165) is 5.69 Å². The second-order valence-corrected chi connectivity index (χ2v) is 3.97. The number of methoxy groups -OCH3 is 2. The molecular weight excluding hydrogens is 256 g/mol. The maximum absolute atomic E-state index is 9.07. The fourth-order valence-electron chi connectivity index (χ4n) is 1.72. The average molecular weight is 270 g/mol. The summed E-state index contributed by atoms with van der Waals surface area (Å²) in [5.74, 6) is 1.66. The molecule has 20 heavy (non-hydrogen) atoms. The molecule has 0 aliphatic carbocycles. The molecule has 0 atom stereocenters. The van der Waals surface area contributed by atoms with E-state index < -0.39 is 0 Å². The van der Waals surface area contributed by atoms with Crippen LogP contribution in [-0.4, -0.2) is 19.2 Å². The van der Waals surface area contributed by atoms with Crippen LogP contribution in [-0.2, 0) is 0 Å². The smallest absolute Gasteiger partial charge is 0.162 e. The minimum atomic E-state index is 0.375. The van der Waals surface area contributed by atoms with Gasteiger partial charge in [-0.2, -0.15) is 5.26 Å². The summed E-state index contributed by atoms with van der Waals surface area (Å²) >= 11 is 0. The van der Waals surface area contributed by atoms with Crippen molar-refractivity contribution < 1.29 is 9.47 Å². The Morgan fingerprint density at radius 1 is 1.20 bits per heavy atom. The molecule has 0 aliphatic heterocycles. The Morgan fingerprint density at radius 3 is 2.60 bits per heavy atom. The third-order valence-electron chi connectivity index (χ3n) is 2.68. The van der Waals surface area contributed by atoms with Crippen molar-refractivity contribution in [3.05, 3.63) is 36.0 Å². The first-order chi connectivity index (χ1) is 9.67. The molecule has 6 nitrogen and oxygen atoms in total. The number of nitriles is 1. The van der Waals surface area contributed by atoms with Crippen LogP contribution in [0.4, 0.5) is 17.2 Å². The second-order valence-electron chi connectivity index (χ2n) is 3.97. The molecule has 0 spiro atoms. The van der Waals surface area contributed by atoms with E-state index >= 15 is 0 Å². The maximum atomic E-state index is 9.07. The van der Waals surface area contributed by atoms with Crippen LogP contribution >= 0.6 is 0 Å². The van der Waals surface area contributed by atoms with E-state index in [1.54, 1.807) is 38.5 Å². The molecule has 3 N–H and O–H groups in total. The van der Waals surface area contributed by atoms with Crippen LogP contribution in [0.3, 0.4) is 0 Å². The maximum Gasteiger partial charge on any atom is 0.162 e. The molecular formula is C14H14N4O2. The van der Waals surface area contributed by atoms with Gasteiger partial charge in [-0.25, -0.2) is 4.98 Å². The molecule has 0 saturated heterocycles. The summed E-state index contributed by atoms with van der Waals surface area (Å²) in [6, 6.07) is 8.95. The summed E-state index contributed by atoms with van der Waals surface area (Å²) in [6.07, 6.45) is 1.49. The van der Waals surface area contributed by atoms with Gasteiger partial charge in [0.05, 0.1) is 31.7 Å². The van der Waals surface area contributed by atoms with E-state index in [1.165, 1.54) is 6.20 Å². The predicted molar refractivity (Wildman–Crippen MR) is 76.2 cm³/mol. The zero-order chi connectivity index (χ0) is 14.5. The van der Waals surface area contributed by atoms with Gasteiger partial charge in [0.15, 0.2) is 11.5 Å². The average Bonchev–Trinajstić information content (AvgIpc) is 2.48. The molecule has 1 aromatic heterocycles. The van der Waals surface area contributed by atoms with Gasteiger partial charge in [0.2, 0.25) is 0 Å². The summed E-state index contributed by atoms with van der Waals surface area (Å²) < 4.78 is 10.4. The highest BCUT2D eigenvalue weighted by molar-refractivity contribution is 5.67. The Bertz CT molecular complexity index is 665. The third kappa shape index (κ3) is 2.72. The van der Waals surface area contributed by atoms with E-state index in [2.05, 4.69) is 10.3 Å². The van der Waals surface area contributed by atoms with E-state index in [-0.39, 0.29) is 0 Å². The molecule has 102 valence electrons. The number of nitrogen functional groups attached to an aromatic ring is 1. The molecule has 1 heterocycles. The van der Waals surface area contributed by atoms with Gasteiger partial charge in [0, 0.05) is 11.8 Å². The Kier molecular flexibility index (Phi) is 3.91. The first-order valence-electron chi connectivity index (χ1n) is 5.82.